The minimum absolute atomic E-state index is 0.823. The molecule has 0 aromatic heterocycles. The van der Waals surface area contributed by atoms with Crippen molar-refractivity contribution in [3.63, 3.8) is 0 Å². The molecular weight excluding hydrogens is 182 g/mol. The summed E-state index contributed by atoms with van der Waals surface area (Å²) in [6.45, 7) is 2.88. The third-order valence-corrected chi connectivity index (χ3v) is 2.32. The molecule has 2 aromatic carbocycles. The molecule has 2 aromatic rings. The third-order valence-electron chi connectivity index (χ3n) is 2.32. The van der Waals surface area contributed by atoms with E-state index in [1.54, 1.807) is 0 Å². The van der Waals surface area contributed by atoms with Gasteiger partial charge in [0.2, 0.25) is 0 Å². The van der Waals surface area contributed by atoms with E-state index in [0.717, 1.165) is 12.2 Å². The molecule has 75 valence electrons. The molecule has 0 atom stereocenters. The maximum atomic E-state index is 4.48. The minimum atomic E-state index is 0.823. The van der Waals surface area contributed by atoms with Gasteiger partial charge in [-0.15, -0.1) is 0 Å². The molecule has 1 nitrogen and oxygen atoms in total. The fourth-order valence-electron chi connectivity index (χ4n) is 1.64. The highest BCUT2D eigenvalue weighted by Crippen LogP contribution is 2.27. The number of benzene rings is 2. The molecule has 0 aliphatic heterocycles. The summed E-state index contributed by atoms with van der Waals surface area (Å²) < 4.78 is 0. The SMILES string of the molecule is CC[N]c1ccccc1-c1ccccc1. The van der Waals surface area contributed by atoms with Crippen LogP contribution in [0.1, 0.15) is 6.92 Å². The average Bonchev–Trinajstić information content (AvgIpc) is 2.31. The number of rotatable bonds is 3. The van der Waals surface area contributed by atoms with E-state index in [2.05, 4.69) is 54.7 Å². The highest BCUT2D eigenvalue weighted by atomic mass is 14.9. The molecular formula is C14H14N. The van der Waals surface area contributed by atoms with Crippen molar-refractivity contribution in [2.24, 2.45) is 0 Å². The number of nitrogens with zero attached hydrogens (tertiary/aromatic N) is 1. The Bertz CT molecular complexity index is 420. The maximum absolute atomic E-state index is 4.48. The molecule has 1 heteroatoms. The highest BCUT2D eigenvalue weighted by molar-refractivity contribution is 5.75. The van der Waals surface area contributed by atoms with Gasteiger partial charge < -0.3 is 0 Å². The molecule has 0 N–H and O–H groups in total. The van der Waals surface area contributed by atoms with E-state index in [1.165, 1.54) is 11.1 Å². The Morgan fingerprint density at radius 3 is 2.27 bits per heavy atom. The molecule has 0 spiro atoms. The van der Waals surface area contributed by atoms with Crippen molar-refractivity contribution >= 4 is 5.69 Å². The van der Waals surface area contributed by atoms with Crippen molar-refractivity contribution in [3.8, 4) is 11.1 Å². The number of hydrogen-bond acceptors (Lipinski definition) is 0. The van der Waals surface area contributed by atoms with Gasteiger partial charge in [0.1, 0.15) is 0 Å². The lowest BCUT2D eigenvalue weighted by atomic mass is 10.0. The zero-order valence-corrected chi connectivity index (χ0v) is 8.85. The lowest BCUT2D eigenvalue weighted by Crippen LogP contribution is -1.96. The van der Waals surface area contributed by atoms with E-state index in [1.807, 2.05) is 12.1 Å². The Labute approximate surface area is 90.8 Å². The van der Waals surface area contributed by atoms with Crippen molar-refractivity contribution in [2.45, 2.75) is 6.92 Å². The van der Waals surface area contributed by atoms with E-state index in [4.69, 9.17) is 0 Å². The van der Waals surface area contributed by atoms with Crippen LogP contribution in [0.4, 0.5) is 5.69 Å². The monoisotopic (exact) mass is 196 g/mol. The highest BCUT2D eigenvalue weighted by Gasteiger charge is 2.02. The Balaban J connectivity index is 2.43. The Kier molecular flexibility index (Phi) is 3.03. The second-order valence-electron chi connectivity index (χ2n) is 3.36. The summed E-state index contributed by atoms with van der Waals surface area (Å²) >= 11 is 0. The van der Waals surface area contributed by atoms with Gasteiger partial charge in [-0.2, -0.15) is 0 Å². The molecule has 15 heavy (non-hydrogen) atoms. The first-order valence-electron chi connectivity index (χ1n) is 5.23. The van der Waals surface area contributed by atoms with E-state index < -0.39 is 0 Å². The normalized spacial score (nSPS) is 9.93. The number of hydrogen-bond donors (Lipinski definition) is 0. The van der Waals surface area contributed by atoms with Crippen LogP contribution in [-0.2, 0) is 0 Å². The van der Waals surface area contributed by atoms with Crippen LogP contribution in [0.25, 0.3) is 11.1 Å². The van der Waals surface area contributed by atoms with Crippen molar-refractivity contribution in [1.82, 2.24) is 5.32 Å². The van der Waals surface area contributed by atoms with Gasteiger partial charge in [-0.3, -0.25) is 5.32 Å². The van der Waals surface area contributed by atoms with E-state index in [9.17, 15) is 0 Å². The summed E-state index contributed by atoms with van der Waals surface area (Å²) in [6.07, 6.45) is 0. The van der Waals surface area contributed by atoms with Gasteiger partial charge in [-0.05, 0) is 18.6 Å². The standard InChI is InChI=1S/C14H14N/c1-2-15-14-11-7-6-10-13(14)12-8-4-3-5-9-12/h3-11H,2H2,1H3. The minimum Gasteiger partial charge on any atom is -0.285 e. The van der Waals surface area contributed by atoms with Gasteiger partial charge >= 0.3 is 0 Å². The van der Waals surface area contributed by atoms with Gasteiger partial charge in [-0.1, -0.05) is 48.5 Å². The molecule has 0 saturated heterocycles. The zero-order valence-electron chi connectivity index (χ0n) is 8.85. The van der Waals surface area contributed by atoms with E-state index in [0.29, 0.717) is 0 Å². The van der Waals surface area contributed by atoms with Crippen LogP contribution < -0.4 is 5.32 Å². The van der Waals surface area contributed by atoms with E-state index >= 15 is 0 Å². The predicted octanol–water partition coefficient (Wildman–Crippen LogP) is 3.61. The lowest BCUT2D eigenvalue weighted by Gasteiger charge is -2.08. The summed E-state index contributed by atoms with van der Waals surface area (Å²) in [6, 6.07) is 18.6. The lowest BCUT2D eigenvalue weighted by molar-refractivity contribution is 0.914. The van der Waals surface area contributed by atoms with Crippen LogP contribution >= 0.6 is 0 Å². The summed E-state index contributed by atoms with van der Waals surface area (Å²) in [4.78, 5) is 0. The first-order valence-corrected chi connectivity index (χ1v) is 5.23. The van der Waals surface area contributed by atoms with Crippen LogP contribution in [0, 0.1) is 0 Å². The molecule has 0 saturated carbocycles. The van der Waals surface area contributed by atoms with Gasteiger partial charge in [0.25, 0.3) is 0 Å². The Morgan fingerprint density at radius 2 is 1.53 bits per heavy atom. The average molecular weight is 196 g/mol. The van der Waals surface area contributed by atoms with Crippen molar-refractivity contribution in [3.05, 3.63) is 54.6 Å². The number of para-hydroxylation sites is 1. The Morgan fingerprint density at radius 1 is 0.867 bits per heavy atom. The molecule has 0 amide bonds. The van der Waals surface area contributed by atoms with Gasteiger partial charge in [0, 0.05) is 12.1 Å². The molecule has 0 heterocycles. The maximum Gasteiger partial charge on any atom is 0.0652 e. The van der Waals surface area contributed by atoms with Crippen LogP contribution in [-0.4, -0.2) is 6.54 Å². The molecule has 0 aliphatic carbocycles. The van der Waals surface area contributed by atoms with Crippen LogP contribution in [0.3, 0.4) is 0 Å². The Hall–Kier alpha value is -1.76. The first kappa shape index (κ1) is 9.78. The van der Waals surface area contributed by atoms with Crippen molar-refractivity contribution in [1.29, 1.82) is 0 Å². The first-order chi connectivity index (χ1) is 7.42. The largest absolute Gasteiger partial charge is 0.285 e. The fraction of sp³-hybridized carbons (Fsp3) is 0.143. The van der Waals surface area contributed by atoms with Crippen LogP contribution in [0.2, 0.25) is 0 Å². The van der Waals surface area contributed by atoms with Crippen LogP contribution in [0.15, 0.2) is 54.6 Å². The van der Waals surface area contributed by atoms with Crippen molar-refractivity contribution in [2.75, 3.05) is 6.54 Å². The quantitative estimate of drug-likeness (QED) is 0.712. The second kappa shape index (κ2) is 4.65. The third kappa shape index (κ3) is 2.18. The second-order valence-corrected chi connectivity index (χ2v) is 3.36. The molecule has 0 unspecified atom stereocenters. The summed E-state index contributed by atoms with van der Waals surface area (Å²) in [5, 5.41) is 4.48. The molecule has 0 bridgehead atoms. The summed E-state index contributed by atoms with van der Waals surface area (Å²) in [5.74, 6) is 0. The zero-order chi connectivity index (χ0) is 10.5. The van der Waals surface area contributed by atoms with Crippen molar-refractivity contribution < 1.29 is 0 Å². The van der Waals surface area contributed by atoms with Crippen LogP contribution in [0.5, 0.6) is 0 Å². The molecule has 0 fully saturated rings. The van der Waals surface area contributed by atoms with E-state index in [-0.39, 0.29) is 0 Å². The predicted molar refractivity (Wildman–Crippen MR) is 64.2 cm³/mol. The fourth-order valence-corrected chi connectivity index (χ4v) is 1.64. The smallest absolute Gasteiger partial charge is 0.0652 e. The van der Waals surface area contributed by atoms with Gasteiger partial charge in [0.05, 0.1) is 5.69 Å². The van der Waals surface area contributed by atoms with Gasteiger partial charge in [0.15, 0.2) is 0 Å². The summed E-state index contributed by atoms with van der Waals surface area (Å²) in [5.41, 5.74) is 3.51. The molecule has 0 aliphatic rings. The van der Waals surface area contributed by atoms with Gasteiger partial charge in [-0.25, -0.2) is 0 Å². The molecule has 1 radical (unpaired) electrons. The topological polar surface area (TPSA) is 14.1 Å². The molecule has 2 rings (SSSR count). The summed E-state index contributed by atoms with van der Waals surface area (Å²) in [7, 11) is 0.